The van der Waals surface area contributed by atoms with Crippen molar-refractivity contribution in [3.8, 4) is 0 Å². The highest BCUT2D eigenvalue weighted by Gasteiger charge is 2.50. The van der Waals surface area contributed by atoms with Gasteiger partial charge < -0.3 is 4.84 Å². The van der Waals surface area contributed by atoms with Crippen molar-refractivity contribution in [3.63, 3.8) is 0 Å². The number of nitrogens with zero attached hydrogens (tertiary/aromatic N) is 3. The number of carbonyl (C=O) groups excluding carboxylic acids is 1. The highest BCUT2D eigenvalue weighted by atomic mass is 35.6. The van der Waals surface area contributed by atoms with Gasteiger partial charge in [0.25, 0.3) is 6.23 Å². The summed E-state index contributed by atoms with van der Waals surface area (Å²) < 4.78 is -2.01. The van der Waals surface area contributed by atoms with Gasteiger partial charge in [-0.3, -0.25) is 4.84 Å². The highest BCUT2D eigenvalue weighted by Crippen LogP contribution is 2.39. The van der Waals surface area contributed by atoms with Crippen molar-refractivity contribution in [2.24, 2.45) is 10.3 Å². The predicted molar refractivity (Wildman–Crippen MR) is 134 cm³/mol. The standard InChI is InChI=1S/C23H23Cl4N3O3/c1-11-7-13(3)17(14(4)8-11)19(24)28-33-22(31)30-20(29-32-21(30)23(25,26)27)18-15(5)9-12(2)10-16(18)6/h7-10,21H,1-6H3/b28-19-/t21-/m0/s1. The lowest BCUT2D eigenvalue weighted by Crippen LogP contribution is -2.48. The average Bonchev–Trinajstić information content (AvgIpc) is 3.09. The number of halogens is 4. The normalized spacial score (nSPS) is 16.5. The van der Waals surface area contributed by atoms with E-state index in [1.807, 2.05) is 65.8 Å². The summed E-state index contributed by atoms with van der Waals surface area (Å²) in [6, 6.07) is 7.83. The van der Waals surface area contributed by atoms with E-state index in [0.29, 0.717) is 11.1 Å². The molecule has 1 heterocycles. The highest BCUT2D eigenvalue weighted by molar-refractivity contribution is 6.70. The molecule has 0 unspecified atom stereocenters. The minimum absolute atomic E-state index is 0.0186. The van der Waals surface area contributed by atoms with Gasteiger partial charge in [-0.1, -0.05) is 92.1 Å². The Morgan fingerprint density at radius 3 is 1.94 bits per heavy atom. The fraction of sp³-hybridized carbons (Fsp3) is 0.348. The molecule has 1 aliphatic heterocycles. The van der Waals surface area contributed by atoms with Crippen LogP contribution >= 0.6 is 46.4 Å². The van der Waals surface area contributed by atoms with Crippen LogP contribution in [0.1, 0.15) is 44.5 Å². The molecule has 0 radical (unpaired) electrons. The molecule has 2 aromatic rings. The van der Waals surface area contributed by atoms with Crippen molar-refractivity contribution in [1.29, 1.82) is 0 Å². The summed E-state index contributed by atoms with van der Waals surface area (Å²) in [7, 11) is 0. The molecule has 3 rings (SSSR count). The van der Waals surface area contributed by atoms with E-state index in [4.69, 9.17) is 56.1 Å². The van der Waals surface area contributed by atoms with E-state index in [9.17, 15) is 4.79 Å². The lowest BCUT2D eigenvalue weighted by Gasteiger charge is -2.27. The second kappa shape index (κ2) is 9.71. The van der Waals surface area contributed by atoms with Gasteiger partial charge in [0.2, 0.25) is 3.79 Å². The van der Waals surface area contributed by atoms with E-state index in [2.05, 4.69) is 10.3 Å². The second-order valence-corrected chi connectivity index (χ2v) is 10.8. The molecule has 0 aromatic heterocycles. The maximum absolute atomic E-state index is 13.1. The molecule has 0 aliphatic carbocycles. The fourth-order valence-electron chi connectivity index (χ4n) is 4.06. The number of hydrogen-bond acceptors (Lipinski definition) is 5. The van der Waals surface area contributed by atoms with Gasteiger partial charge in [0, 0.05) is 11.1 Å². The number of alkyl halides is 3. The summed E-state index contributed by atoms with van der Waals surface area (Å²) in [4.78, 5) is 24.7. The first-order valence-electron chi connectivity index (χ1n) is 10.0. The third-order valence-corrected chi connectivity index (χ3v) is 5.98. The first-order chi connectivity index (χ1) is 15.3. The van der Waals surface area contributed by atoms with Gasteiger partial charge in [-0.15, -0.1) is 0 Å². The Morgan fingerprint density at radius 2 is 1.45 bits per heavy atom. The Hall–Kier alpha value is -1.99. The van der Waals surface area contributed by atoms with Crippen LogP contribution in [0.15, 0.2) is 34.6 Å². The first kappa shape index (κ1) is 25.6. The van der Waals surface area contributed by atoms with Crippen molar-refractivity contribution in [2.45, 2.75) is 51.6 Å². The number of amidine groups is 1. The number of oxime groups is 2. The summed E-state index contributed by atoms with van der Waals surface area (Å²) in [5.74, 6) is 0.153. The molecule has 6 nitrogen and oxygen atoms in total. The maximum atomic E-state index is 13.1. The van der Waals surface area contributed by atoms with Gasteiger partial charge in [-0.2, -0.15) is 0 Å². The number of rotatable bonds is 3. The van der Waals surface area contributed by atoms with E-state index >= 15 is 0 Å². The summed E-state index contributed by atoms with van der Waals surface area (Å²) in [5, 5.41) is 7.90. The van der Waals surface area contributed by atoms with E-state index in [-0.39, 0.29) is 11.0 Å². The van der Waals surface area contributed by atoms with Crippen LogP contribution in [0.2, 0.25) is 0 Å². The van der Waals surface area contributed by atoms with Gasteiger partial charge in [0.1, 0.15) is 0 Å². The Balaban J connectivity index is 1.97. The Morgan fingerprint density at radius 1 is 0.970 bits per heavy atom. The molecule has 1 amide bonds. The topological polar surface area (TPSA) is 63.5 Å². The van der Waals surface area contributed by atoms with Crippen molar-refractivity contribution < 1.29 is 14.5 Å². The number of amides is 1. The third-order valence-electron chi connectivity index (χ3n) is 5.17. The molecule has 0 saturated heterocycles. The van der Waals surface area contributed by atoms with Crippen LogP contribution in [0.5, 0.6) is 0 Å². The monoisotopic (exact) mass is 529 g/mol. The summed E-state index contributed by atoms with van der Waals surface area (Å²) in [5.41, 5.74) is 7.00. The first-order valence-corrected chi connectivity index (χ1v) is 11.5. The van der Waals surface area contributed by atoms with E-state index in [0.717, 1.165) is 38.3 Å². The third kappa shape index (κ3) is 5.40. The zero-order valence-corrected chi connectivity index (χ0v) is 22.0. The molecule has 10 heteroatoms. The molecule has 0 saturated carbocycles. The Labute approximate surface area is 213 Å². The smallest absolute Gasteiger partial charge is 0.363 e. The van der Waals surface area contributed by atoms with Gasteiger partial charge in [0.15, 0.2) is 11.0 Å². The molecule has 0 bridgehead atoms. The lowest BCUT2D eigenvalue weighted by atomic mass is 9.98. The van der Waals surface area contributed by atoms with Gasteiger partial charge in [-0.25, -0.2) is 9.69 Å². The number of carbonyl (C=O) groups is 1. The molecule has 2 aromatic carbocycles. The van der Waals surface area contributed by atoms with Crippen molar-refractivity contribution in [2.75, 3.05) is 0 Å². The van der Waals surface area contributed by atoms with E-state index in [1.54, 1.807) is 0 Å². The van der Waals surface area contributed by atoms with Gasteiger partial charge in [-0.05, 0) is 63.8 Å². The van der Waals surface area contributed by atoms with Gasteiger partial charge >= 0.3 is 6.09 Å². The maximum Gasteiger partial charge on any atom is 0.445 e. The van der Waals surface area contributed by atoms with Crippen molar-refractivity contribution in [1.82, 2.24) is 4.90 Å². The number of aryl methyl sites for hydroxylation is 6. The van der Waals surface area contributed by atoms with Crippen LogP contribution in [-0.2, 0) is 9.68 Å². The molecule has 0 fully saturated rings. The molecule has 33 heavy (non-hydrogen) atoms. The zero-order chi connectivity index (χ0) is 24.7. The average molecular weight is 531 g/mol. The molecule has 0 spiro atoms. The summed E-state index contributed by atoms with van der Waals surface area (Å²) in [6.07, 6.45) is -2.32. The SMILES string of the molecule is Cc1cc(C)c(C2=NO[C@@H](C(Cl)(Cl)Cl)N2C(=O)O/N=C(\Cl)c2c(C)cc(C)cc2C)c(C)c1. The molecule has 1 atom stereocenters. The van der Waals surface area contributed by atoms with Gasteiger partial charge in [0.05, 0.1) is 0 Å². The van der Waals surface area contributed by atoms with Crippen LogP contribution in [0.25, 0.3) is 0 Å². The lowest BCUT2D eigenvalue weighted by molar-refractivity contribution is 0.0102. The quantitative estimate of drug-likeness (QED) is 0.186. The van der Waals surface area contributed by atoms with Crippen LogP contribution < -0.4 is 0 Å². The molecule has 0 N–H and O–H groups in total. The van der Waals surface area contributed by atoms with Crippen molar-refractivity contribution in [3.05, 3.63) is 68.8 Å². The fourth-order valence-corrected chi connectivity index (χ4v) is 4.81. The number of hydrogen-bond donors (Lipinski definition) is 0. The predicted octanol–water partition coefficient (Wildman–Crippen LogP) is 6.96. The Bertz CT molecular complexity index is 1130. The van der Waals surface area contributed by atoms with Crippen LogP contribution in [-0.4, -0.2) is 32.0 Å². The largest absolute Gasteiger partial charge is 0.445 e. The van der Waals surface area contributed by atoms with E-state index < -0.39 is 16.1 Å². The molecular weight excluding hydrogens is 508 g/mol. The molecule has 1 aliphatic rings. The minimum Gasteiger partial charge on any atom is -0.363 e. The summed E-state index contributed by atoms with van der Waals surface area (Å²) in [6.45, 7) is 11.5. The Kier molecular flexibility index (Phi) is 7.54. The second-order valence-electron chi connectivity index (χ2n) is 8.07. The molecular formula is C23H23Cl4N3O3. The minimum atomic E-state index is -2.01. The zero-order valence-electron chi connectivity index (χ0n) is 19.0. The summed E-state index contributed by atoms with van der Waals surface area (Å²) >= 11 is 24.6. The number of benzene rings is 2. The van der Waals surface area contributed by atoms with Crippen molar-refractivity contribution >= 4 is 63.5 Å². The van der Waals surface area contributed by atoms with Crippen LogP contribution in [0.4, 0.5) is 4.79 Å². The van der Waals surface area contributed by atoms with Crippen LogP contribution in [0, 0.1) is 41.5 Å². The van der Waals surface area contributed by atoms with Crippen LogP contribution in [0.3, 0.4) is 0 Å². The van der Waals surface area contributed by atoms with E-state index in [1.165, 1.54) is 0 Å². The molecule has 176 valence electrons.